The van der Waals surface area contributed by atoms with Gasteiger partial charge < -0.3 is 15.0 Å². The number of para-hydroxylation sites is 1. The highest BCUT2D eigenvalue weighted by molar-refractivity contribution is 14.0. The maximum absolute atomic E-state index is 5.85. The SMILES string of the molecule is CN=C(NCCc1ncc(C)s1)N(C)CCOc1ccccc1C.I. The van der Waals surface area contributed by atoms with Gasteiger partial charge in [-0.2, -0.15) is 0 Å². The molecule has 0 spiro atoms. The van der Waals surface area contributed by atoms with Crippen LogP contribution in [-0.4, -0.2) is 49.6 Å². The fraction of sp³-hybridized carbons (Fsp3) is 0.444. The second kappa shape index (κ2) is 11.3. The van der Waals surface area contributed by atoms with Gasteiger partial charge in [-0.05, 0) is 25.5 Å². The Bertz CT molecular complexity index is 675. The van der Waals surface area contributed by atoms with Crippen LogP contribution in [0.25, 0.3) is 0 Å². The molecule has 0 amide bonds. The first-order chi connectivity index (χ1) is 11.6. The number of guanidine groups is 1. The minimum absolute atomic E-state index is 0. The molecule has 0 saturated heterocycles. The molecule has 2 rings (SSSR count). The average molecular weight is 474 g/mol. The molecule has 0 aliphatic heterocycles. The predicted molar refractivity (Wildman–Crippen MR) is 117 cm³/mol. The van der Waals surface area contributed by atoms with Crippen LogP contribution in [-0.2, 0) is 6.42 Å². The molecule has 0 saturated carbocycles. The zero-order valence-corrected chi connectivity index (χ0v) is 18.4. The number of thiazole rings is 1. The lowest BCUT2D eigenvalue weighted by Crippen LogP contribution is -2.41. The van der Waals surface area contributed by atoms with Gasteiger partial charge in [-0.3, -0.25) is 4.99 Å². The first-order valence-corrected chi connectivity index (χ1v) is 8.93. The van der Waals surface area contributed by atoms with E-state index in [0.717, 1.165) is 41.8 Å². The maximum atomic E-state index is 5.85. The highest BCUT2D eigenvalue weighted by Gasteiger charge is 2.07. The summed E-state index contributed by atoms with van der Waals surface area (Å²) in [4.78, 5) is 12.0. The van der Waals surface area contributed by atoms with Crippen LogP contribution in [0.4, 0.5) is 0 Å². The van der Waals surface area contributed by atoms with Crippen LogP contribution in [0.2, 0.25) is 0 Å². The van der Waals surface area contributed by atoms with Crippen molar-refractivity contribution in [2.75, 3.05) is 33.8 Å². The number of ether oxygens (including phenoxy) is 1. The van der Waals surface area contributed by atoms with Gasteiger partial charge in [-0.1, -0.05) is 18.2 Å². The predicted octanol–water partition coefficient (Wildman–Crippen LogP) is 3.51. The van der Waals surface area contributed by atoms with Gasteiger partial charge in [0.25, 0.3) is 0 Å². The number of aryl methyl sites for hydroxylation is 2. The Kier molecular flexibility index (Phi) is 9.81. The van der Waals surface area contributed by atoms with E-state index >= 15 is 0 Å². The third-order valence-electron chi connectivity index (χ3n) is 3.64. The summed E-state index contributed by atoms with van der Waals surface area (Å²) in [5.74, 6) is 1.81. The topological polar surface area (TPSA) is 49.8 Å². The van der Waals surface area contributed by atoms with Gasteiger partial charge in [0.2, 0.25) is 0 Å². The van der Waals surface area contributed by atoms with E-state index in [0.29, 0.717) is 6.61 Å². The lowest BCUT2D eigenvalue weighted by molar-refractivity contribution is 0.280. The zero-order valence-electron chi connectivity index (χ0n) is 15.3. The maximum Gasteiger partial charge on any atom is 0.193 e. The van der Waals surface area contributed by atoms with Crippen LogP contribution in [0, 0.1) is 13.8 Å². The van der Waals surface area contributed by atoms with Crippen molar-refractivity contribution in [2.24, 2.45) is 4.99 Å². The molecule has 2 aromatic rings. The van der Waals surface area contributed by atoms with E-state index in [1.54, 1.807) is 18.4 Å². The number of nitrogens with one attached hydrogen (secondary N) is 1. The minimum Gasteiger partial charge on any atom is -0.491 e. The third-order valence-corrected chi connectivity index (χ3v) is 4.61. The molecule has 0 unspecified atom stereocenters. The van der Waals surface area contributed by atoms with Crippen molar-refractivity contribution in [3.05, 3.63) is 45.9 Å². The number of hydrogen-bond donors (Lipinski definition) is 1. The van der Waals surface area contributed by atoms with Gasteiger partial charge in [0.1, 0.15) is 12.4 Å². The molecule has 0 bridgehead atoms. The van der Waals surface area contributed by atoms with Gasteiger partial charge in [0.15, 0.2) is 5.96 Å². The molecule has 1 N–H and O–H groups in total. The van der Waals surface area contributed by atoms with Gasteiger partial charge in [-0.25, -0.2) is 4.98 Å². The van der Waals surface area contributed by atoms with Crippen LogP contribution in [0.15, 0.2) is 35.5 Å². The summed E-state index contributed by atoms with van der Waals surface area (Å²) in [7, 11) is 3.82. The molecule has 5 nitrogen and oxygen atoms in total. The third kappa shape index (κ3) is 7.19. The van der Waals surface area contributed by atoms with E-state index in [-0.39, 0.29) is 24.0 Å². The Hall–Kier alpha value is -1.35. The van der Waals surface area contributed by atoms with Crippen LogP contribution >= 0.6 is 35.3 Å². The Morgan fingerprint density at radius 3 is 2.72 bits per heavy atom. The second-order valence-electron chi connectivity index (χ2n) is 5.62. The first-order valence-electron chi connectivity index (χ1n) is 8.11. The van der Waals surface area contributed by atoms with Crippen LogP contribution < -0.4 is 10.1 Å². The molecule has 0 aliphatic carbocycles. The van der Waals surface area contributed by atoms with Gasteiger partial charge >= 0.3 is 0 Å². The van der Waals surface area contributed by atoms with Crippen LogP contribution in [0.5, 0.6) is 5.75 Å². The lowest BCUT2D eigenvalue weighted by atomic mass is 10.2. The molecule has 25 heavy (non-hydrogen) atoms. The Morgan fingerprint density at radius 2 is 2.08 bits per heavy atom. The molecule has 1 heterocycles. The molecule has 0 radical (unpaired) electrons. The summed E-state index contributed by atoms with van der Waals surface area (Å²) in [5, 5.41) is 4.53. The van der Waals surface area contributed by atoms with Crippen molar-refractivity contribution in [3.8, 4) is 5.75 Å². The summed E-state index contributed by atoms with van der Waals surface area (Å²) in [6, 6.07) is 8.06. The number of benzene rings is 1. The van der Waals surface area contributed by atoms with Crippen molar-refractivity contribution in [2.45, 2.75) is 20.3 Å². The van der Waals surface area contributed by atoms with Gasteiger partial charge in [0.05, 0.1) is 11.6 Å². The molecular weight excluding hydrogens is 447 g/mol. The van der Waals surface area contributed by atoms with E-state index < -0.39 is 0 Å². The Labute approximate surface area is 171 Å². The molecule has 0 fully saturated rings. The monoisotopic (exact) mass is 474 g/mol. The molecule has 1 aromatic heterocycles. The van der Waals surface area contributed by atoms with E-state index in [1.807, 2.05) is 31.4 Å². The summed E-state index contributed by atoms with van der Waals surface area (Å²) < 4.78 is 5.85. The highest BCUT2D eigenvalue weighted by atomic mass is 127. The normalized spacial score (nSPS) is 11.0. The smallest absolute Gasteiger partial charge is 0.193 e. The van der Waals surface area contributed by atoms with Crippen molar-refractivity contribution in [1.29, 1.82) is 0 Å². The summed E-state index contributed by atoms with van der Waals surface area (Å²) >= 11 is 1.74. The minimum atomic E-state index is 0. The lowest BCUT2D eigenvalue weighted by Gasteiger charge is -2.22. The molecule has 0 atom stereocenters. The quantitative estimate of drug-likeness (QED) is 0.379. The van der Waals surface area contributed by atoms with Crippen LogP contribution in [0.3, 0.4) is 0 Å². The van der Waals surface area contributed by atoms with Crippen molar-refractivity contribution in [1.82, 2.24) is 15.2 Å². The van der Waals surface area contributed by atoms with E-state index in [1.165, 1.54) is 4.88 Å². The van der Waals surface area contributed by atoms with Crippen LogP contribution in [0.1, 0.15) is 15.4 Å². The van der Waals surface area contributed by atoms with Gasteiger partial charge in [0, 0.05) is 38.1 Å². The number of rotatable bonds is 7. The number of likely N-dealkylation sites (N-methyl/N-ethyl adjacent to an activating group) is 1. The molecule has 1 aromatic carbocycles. The Balaban J connectivity index is 0.00000312. The van der Waals surface area contributed by atoms with E-state index in [4.69, 9.17) is 4.74 Å². The highest BCUT2D eigenvalue weighted by Crippen LogP contribution is 2.15. The number of aromatic nitrogens is 1. The van der Waals surface area contributed by atoms with E-state index in [9.17, 15) is 0 Å². The zero-order chi connectivity index (χ0) is 17.4. The first kappa shape index (κ1) is 21.7. The largest absolute Gasteiger partial charge is 0.491 e. The Morgan fingerprint density at radius 1 is 1.32 bits per heavy atom. The second-order valence-corrected chi connectivity index (χ2v) is 6.94. The van der Waals surface area contributed by atoms with Crippen molar-refractivity contribution >= 4 is 41.3 Å². The molecular formula is C18H27IN4OS. The average Bonchev–Trinajstić information content (AvgIpc) is 2.98. The summed E-state index contributed by atoms with van der Waals surface area (Å²) in [5.41, 5.74) is 1.15. The summed E-state index contributed by atoms with van der Waals surface area (Å²) in [6.07, 6.45) is 2.83. The van der Waals surface area contributed by atoms with Crippen molar-refractivity contribution < 1.29 is 4.74 Å². The van der Waals surface area contributed by atoms with Crippen molar-refractivity contribution in [3.63, 3.8) is 0 Å². The molecule has 7 heteroatoms. The molecule has 0 aliphatic rings. The molecule has 138 valence electrons. The summed E-state index contributed by atoms with van der Waals surface area (Å²) in [6.45, 7) is 6.34. The number of aliphatic imine (C=N–C) groups is 1. The fourth-order valence-electron chi connectivity index (χ4n) is 2.30. The van der Waals surface area contributed by atoms with E-state index in [2.05, 4.69) is 40.1 Å². The van der Waals surface area contributed by atoms with Gasteiger partial charge in [-0.15, -0.1) is 35.3 Å². The number of halogens is 1. The fourth-order valence-corrected chi connectivity index (χ4v) is 3.09. The standard InChI is InChI=1S/C18H26N4OS.HI/c1-14-7-5-6-8-16(14)23-12-11-22(4)18(19-3)20-10-9-17-21-13-15(2)24-17;/h5-8,13H,9-12H2,1-4H3,(H,19,20);1H. The number of hydrogen-bond acceptors (Lipinski definition) is 4. The number of nitrogens with zero attached hydrogens (tertiary/aromatic N) is 3.